The van der Waals surface area contributed by atoms with Gasteiger partial charge in [0.25, 0.3) is 5.56 Å². The van der Waals surface area contributed by atoms with Crippen LogP contribution in [0.1, 0.15) is 5.56 Å². The summed E-state index contributed by atoms with van der Waals surface area (Å²) in [5.74, 6) is 0. The van der Waals surface area contributed by atoms with Crippen LogP contribution in [0.15, 0.2) is 34.0 Å². The maximum Gasteiger partial charge on any atom is 0.267 e. The van der Waals surface area contributed by atoms with Crippen molar-refractivity contribution >= 4 is 11.8 Å². The molecule has 0 bridgehead atoms. The molecule has 0 spiro atoms. The van der Waals surface area contributed by atoms with Crippen molar-refractivity contribution in [1.29, 1.82) is 0 Å². The average Bonchev–Trinajstić information content (AvgIpc) is 2.60. The van der Waals surface area contributed by atoms with Crippen LogP contribution in [0, 0.1) is 6.92 Å². The molecule has 4 heteroatoms. The minimum absolute atomic E-state index is 0.0565. The largest absolute Gasteiger partial charge is 0.297 e. The van der Waals surface area contributed by atoms with E-state index in [-0.39, 0.29) is 5.56 Å². The van der Waals surface area contributed by atoms with E-state index in [1.165, 1.54) is 4.90 Å². The number of benzene rings is 1. The predicted molar refractivity (Wildman–Crippen MR) is 63.4 cm³/mol. The fraction of sp³-hybridized carbons (Fsp3) is 0.182. The van der Waals surface area contributed by atoms with Crippen LogP contribution >= 0.6 is 11.8 Å². The van der Waals surface area contributed by atoms with E-state index in [1.54, 1.807) is 11.8 Å². The standard InChI is InChI=1S/C11H12N2OS/c1-7-10(12-13-11(7)14)8-3-5-9(15-2)6-4-8/h3-6H,1-2H3,(H2,12,13,14). The topological polar surface area (TPSA) is 48.6 Å². The van der Waals surface area contributed by atoms with E-state index in [9.17, 15) is 4.79 Å². The zero-order chi connectivity index (χ0) is 10.8. The second kappa shape index (κ2) is 3.98. The lowest BCUT2D eigenvalue weighted by atomic mass is 10.1. The van der Waals surface area contributed by atoms with Gasteiger partial charge < -0.3 is 0 Å². The predicted octanol–water partition coefficient (Wildman–Crippen LogP) is 2.40. The number of nitrogens with one attached hydrogen (secondary N) is 2. The number of rotatable bonds is 2. The summed E-state index contributed by atoms with van der Waals surface area (Å²) in [5.41, 5.74) is 2.57. The number of hydrogen-bond donors (Lipinski definition) is 2. The van der Waals surface area contributed by atoms with Crippen LogP contribution in [0.5, 0.6) is 0 Å². The van der Waals surface area contributed by atoms with Gasteiger partial charge in [-0.1, -0.05) is 12.1 Å². The van der Waals surface area contributed by atoms with E-state index >= 15 is 0 Å². The van der Waals surface area contributed by atoms with Gasteiger partial charge in [-0.3, -0.25) is 15.0 Å². The van der Waals surface area contributed by atoms with Crippen LogP contribution in [-0.2, 0) is 0 Å². The van der Waals surface area contributed by atoms with E-state index < -0.39 is 0 Å². The molecule has 1 aromatic heterocycles. The minimum Gasteiger partial charge on any atom is -0.297 e. The highest BCUT2D eigenvalue weighted by Gasteiger charge is 2.06. The Labute approximate surface area is 91.9 Å². The van der Waals surface area contributed by atoms with Crippen molar-refractivity contribution in [1.82, 2.24) is 10.2 Å². The number of thioether (sulfide) groups is 1. The van der Waals surface area contributed by atoms with E-state index in [0.29, 0.717) is 0 Å². The van der Waals surface area contributed by atoms with E-state index in [0.717, 1.165) is 16.8 Å². The smallest absolute Gasteiger partial charge is 0.267 e. The van der Waals surface area contributed by atoms with Gasteiger partial charge in [-0.15, -0.1) is 11.8 Å². The average molecular weight is 220 g/mol. The molecule has 1 heterocycles. The van der Waals surface area contributed by atoms with Crippen molar-refractivity contribution in [2.75, 3.05) is 6.26 Å². The molecule has 0 unspecified atom stereocenters. The molecule has 3 nitrogen and oxygen atoms in total. The Balaban J connectivity index is 2.46. The van der Waals surface area contributed by atoms with Crippen LogP contribution in [0.2, 0.25) is 0 Å². The summed E-state index contributed by atoms with van der Waals surface area (Å²) in [6, 6.07) is 8.12. The number of aromatic amines is 2. The van der Waals surface area contributed by atoms with Crippen molar-refractivity contribution in [2.45, 2.75) is 11.8 Å². The summed E-state index contributed by atoms with van der Waals surface area (Å²) in [6.07, 6.45) is 2.04. The lowest BCUT2D eigenvalue weighted by molar-refractivity contribution is 1.06. The molecule has 0 amide bonds. The van der Waals surface area contributed by atoms with Gasteiger partial charge in [-0.05, 0) is 30.9 Å². The van der Waals surface area contributed by atoms with Gasteiger partial charge in [-0.25, -0.2) is 0 Å². The first-order valence-corrected chi connectivity index (χ1v) is 5.86. The third kappa shape index (κ3) is 1.85. The Morgan fingerprint density at radius 3 is 2.27 bits per heavy atom. The fourth-order valence-corrected chi connectivity index (χ4v) is 1.87. The molecule has 0 aliphatic rings. The van der Waals surface area contributed by atoms with E-state index in [4.69, 9.17) is 0 Å². The third-order valence-electron chi connectivity index (χ3n) is 2.40. The fourth-order valence-electron chi connectivity index (χ4n) is 1.47. The molecule has 0 atom stereocenters. The maximum absolute atomic E-state index is 11.2. The zero-order valence-corrected chi connectivity index (χ0v) is 9.44. The van der Waals surface area contributed by atoms with Gasteiger partial charge in [0.05, 0.1) is 5.69 Å². The van der Waals surface area contributed by atoms with Gasteiger partial charge in [0.15, 0.2) is 0 Å². The minimum atomic E-state index is -0.0565. The van der Waals surface area contributed by atoms with Gasteiger partial charge in [0, 0.05) is 10.5 Å². The van der Waals surface area contributed by atoms with Crippen LogP contribution in [0.25, 0.3) is 11.3 Å². The van der Waals surface area contributed by atoms with Crippen molar-refractivity contribution in [3.63, 3.8) is 0 Å². The molecular formula is C11H12N2OS. The number of hydrogen-bond acceptors (Lipinski definition) is 2. The molecule has 2 rings (SSSR count). The molecule has 0 fully saturated rings. The molecule has 0 saturated carbocycles. The van der Waals surface area contributed by atoms with Crippen molar-refractivity contribution in [2.24, 2.45) is 0 Å². The Bertz CT molecular complexity index is 510. The van der Waals surface area contributed by atoms with Crippen LogP contribution in [0.4, 0.5) is 0 Å². The molecule has 78 valence electrons. The summed E-state index contributed by atoms with van der Waals surface area (Å²) >= 11 is 1.70. The highest BCUT2D eigenvalue weighted by molar-refractivity contribution is 7.98. The highest BCUT2D eigenvalue weighted by Crippen LogP contribution is 2.22. The second-order valence-corrected chi connectivity index (χ2v) is 4.19. The number of aromatic nitrogens is 2. The Hall–Kier alpha value is -1.42. The molecule has 0 aliphatic carbocycles. The monoisotopic (exact) mass is 220 g/mol. The quantitative estimate of drug-likeness (QED) is 0.763. The molecule has 2 N–H and O–H groups in total. The van der Waals surface area contributed by atoms with Crippen LogP contribution in [0.3, 0.4) is 0 Å². The normalized spacial score (nSPS) is 10.5. The number of H-pyrrole nitrogens is 2. The molecule has 0 saturated heterocycles. The highest BCUT2D eigenvalue weighted by atomic mass is 32.2. The lowest BCUT2D eigenvalue weighted by Crippen LogP contribution is -2.00. The lowest BCUT2D eigenvalue weighted by Gasteiger charge is -2.00. The van der Waals surface area contributed by atoms with Gasteiger partial charge in [0.1, 0.15) is 0 Å². The first kappa shape index (κ1) is 10.1. The third-order valence-corrected chi connectivity index (χ3v) is 3.14. The zero-order valence-electron chi connectivity index (χ0n) is 8.63. The molecule has 2 aromatic rings. The summed E-state index contributed by atoms with van der Waals surface area (Å²) in [6.45, 7) is 1.81. The summed E-state index contributed by atoms with van der Waals surface area (Å²) in [7, 11) is 0. The second-order valence-electron chi connectivity index (χ2n) is 3.31. The Morgan fingerprint density at radius 2 is 1.80 bits per heavy atom. The van der Waals surface area contributed by atoms with Crippen LogP contribution in [-0.4, -0.2) is 16.5 Å². The summed E-state index contributed by atoms with van der Waals surface area (Å²) in [5, 5.41) is 5.46. The molecular weight excluding hydrogens is 208 g/mol. The summed E-state index contributed by atoms with van der Waals surface area (Å²) in [4.78, 5) is 12.5. The van der Waals surface area contributed by atoms with Crippen molar-refractivity contribution < 1.29 is 0 Å². The first-order chi connectivity index (χ1) is 7.22. The van der Waals surface area contributed by atoms with Crippen molar-refractivity contribution in [3.8, 4) is 11.3 Å². The van der Waals surface area contributed by atoms with Crippen LogP contribution < -0.4 is 5.56 Å². The molecule has 0 aliphatic heterocycles. The van der Waals surface area contributed by atoms with E-state index in [2.05, 4.69) is 10.2 Å². The summed E-state index contributed by atoms with van der Waals surface area (Å²) < 4.78 is 0. The van der Waals surface area contributed by atoms with Gasteiger partial charge in [0.2, 0.25) is 0 Å². The molecule has 0 radical (unpaired) electrons. The Kier molecular flexibility index (Phi) is 2.68. The van der Waals surface area contributed by atoms with Gasteiger partial charge >= 0.3 is 0 Å². The molecule has 1 aromatic carbocycles. The first-order valence-electron chi connectivity index (χ1n) is 4.64. The van der Waals surface area contributed by atoms with Crippen molar-refractivity contribution in [3.05, 3.63) is 40.2 Å². The Morgan fingerprint density at radius 1 is 1.13 bits per heavy atom. The molecule has 15 heavy (non-hydrogen) atoms. The van der Waals surface area contributed by atoms with E-state index in [1.807, 2.05) is 37.4 Å². The maximum atomic E-state index is 11.2. The van der Waals surface area contributed by atoms with Gasteiger partial charge in [-0.2, -0.15) is 0 Å². The SMILES string of the molecule is CSc1ccc(-c2[nH][nH]c(=O)c2C)cc1.